The van der Waals surface area contributed by atoms with Gasteiger partial charge in [0.2, 0.25) is 0 Å². The predicted molar refractivity (Wildman–Crippen MR) is 160 cm³/mol. The van der Waals surface area contributed by atoms with Crippen molar-refractivity contribution in [1.29, 1.82) is 0 Å². The van der Waals surface area contributed by atoms with Gasteiger partial charge in [0.1, 0.15) is 11.5 Å². The summed E-state index contributed by atoms with van der Waals surface area (Å²) in [6.45, 7) is 5.10. The van der Waals surface area contributed by atoms with Crippen molar-refractivity contribution >= 4 is 29.5 Å². The Morgan fingerprint density at radius 2 is 1.68 bits per heavy atom. The van der Waals surface area contributed by atoms with Crippen LogP contribution in [0.5, 0.6) is 11.5 Å². The highest BCUT2D eigenvalue weighted by molar-refractivity contribution is 6.08. The lowest BCUT2D eigenvalue weighted by atomic mass is 9.77. The van der Waals surface area contributed by atoms with Crippen molar-refractivity contribution in [3.05, 3.63) is 111 Å². The van der Waals surface area contributed by atoms with Gasteiger partial charge in [-0.1, -0.05) is 36.4 Å². The lowest BCUT2D eigenvalue weighted by Crippen LogP contribution is -2.30. The highest BCUT2D eigenvalue weighted by Crippen LogP contribution is 2.44. The van der Waals surface area contributed by atoms with E-state index >= 15 is 0 Å². The molecule has 5 rings (SSSR count). The van der Waals surface area contributed by atoms with Gasteiger partial charge < -0.3 is 9.47 Å². The maximum atomic E-state index is 13.6. The monoisotopic (exact) mass is 551 g/mol. The predicted octanol–water partition coefficient (Wildman–Crippen LogP) is 7.23. The quantitative estimate of drug-likeness (QED) is 0.159. The van der Waals surface area contributed by atoms with Gasteiger partial charge in [-0.25, -0.2) is 5.01 Å². The van der Waals surface area contributed by atoms with E-state index in [1.807, 2.05) is 62.4 Å². The van der Waals surface area contributed by atoms with Crippen molar-refractivity contribution in [2.24, 2.45) is 11.0 Å². The minimum atomic E-state index is -0.448. The number of hydrogen-bond donors (Lipinski definition) is 0. The first-order valence-electron chi connectivity index (χ1n) is 14.0. The van der Waals surface area contributed by atoms with E-state index in [9.17, 15) is 14.9 Å². The first kappa shape index (κ1) is 27.8. The molecule has 2 aliphatic rings. The largest absolute Gasteiger partial charge is 0.494 e. The molecule has 0 aromatic heterocycles. The van der Waals surface area contributed by atoms with Gasteiger partial charge in [0, 0.05) is 24.1 Å². The van der Waals surface area contributed by atoms with E-state index < -0.39 is 4.92 Å². The van der Waals surface area contributed by atoms with Crippen molar-refractivity contribution < 1.29 is 19.2 Å². The van der Waals surface area contributed by atoms with Crippen molar-refractivity contribution in [3.63, 3.8) is 0 Å². The van der Waals surface area contributed by atoms with E-state index in [0.717, 1.165) is 53.2 Å². The first-order valence-corrected chi connectivity index (χ1v) is 14.0. The van der Waals surface area contributed by atoms with Crippen LogP contribution in [0.25, 0.3) is 12.2 Å². The van der Waals surface area contributed by atoms with E-state index in [4.69, 9.17) is 14.6 Å². The molecule has 3 aromatic rings. The lowest BCUT2D eigenvalue weighted by molar-refractivity contribution is -0.384. The number of hydrazone groups is 1. The summed E-state index contributed by atoms with van der Waals surface area (Å²) in [5.74, 6) is 1.37. The van der Waals surface area contributed by atoms with Crippen LogP contribution in [-0.4, -0.2) is 34.8 Å². The van der Waals surface area contributed by atoms with Crippen molar-refractivity contribution in [2.45, 2.75) is 39.2 Å². The van der Waals surface area contributed by atoms with Crippen molar-refractivity contribution in [2.75, 3.05) is 13.2 Å². The second kappa shape index (κ2) is 12.6. The number of nitro benzene ring substituents is 1. The van der Waals surface area contributed by atoms with Gasteiger partial charge in [0.25, 0.3) is 11.6 Å². The number of carbonyl (C=O) groups excluding carboxylic acids is 1. The maximum Gasteiger partial charge on any atom is 0.270 e. The van der Waals surface area contributed by atoms with Gasteiger partial charge in [-0.3, -0.25) is 14.9 Å². The molecule has 8 heteroatoms. The molecule has 1 amide bonds. The number of non-ortho nitro benzene ring substituents is 1. The Labute approximate surface area is 239 Å². The summed E-state index contributed by atoms with van der Waals surface area (Å²) in [5.41, 5.74) is 4.64. The smallest absolute Gasteiger partial charge is 0.270 e. The van der Waals surface area contributed by atoms with Crippen LogP contribution in [0.3, 0.4) is 0 Å². The second-order valence-electron chi connectivity index (χ2n) is 9.97. The van der Waals surface area contributed by atoms with Crippen LogP contribution in [0, 0.1) is 16.0 Å². The second-order valence-corrected chi connectivity index (χ2v) is 9.97. The Morgan fingerprint density at radius 1 is 1.00 bits per heavy atom. The van der Waals surface area contributed by atoms with Gasteiger partial charge in [-0.2, -0.15) is 5.10 Å². The zero-order chi connectivity index (χ0) is 28.8. The Hall–Kier alpha value is -4.72. The zero-order valence-electron chi connectivity index (χ0n) is 23.2. The molecule has 1 aliphatic heterocycles. The number of nitro groups is 1. The minimum Gasteiger partial charge on any atom is -0.494 e. The van der Waals surface area contributed by atoms with Gasteiger partial charge in [-0.15, -0.1) is 0 Å². The van der Waals surface area contributed by atoms with Crippen LogP contribution in [0.15, 0.2) is 89.5 Å². The summed E-state index contributed by atoms with van der Waals surface area (Å²) in [4.78, 5) is 24.4. The van der Waals surface area contributed by atoms with Crippen LogP contribution in [0.1, 0.15) is 55.8 Å². The van der Waals surface area contributed by atoms with Gasteiger partial charge in [0.15, 0.2) is 0 Å². The fourth-order valence-electron chi connectivity index (χ4n) is 5.46. The summed E-state index contributed by atoms with van der Waals surface area (Å²) in [6, 6.07) is 21.8. The molecule has 1 aliphatic carbocycles. The molecule has 1 heterocycles. The number of hydrogen-bond acceptors (Lipinski definition) is 6. The Morgan fingerprint density at radius 3 is 2.34 bits per heavy atom. The molecule has 2 atom stereocenters. The molecule has 1 fully saturated rings. The SMILES string of the molecule is CCOc1ccc(C=C2CCCC3C2=NN(C(=O)C=Cc2cccc([N+](=O)[O-])c2)C3c2ccc(OCC)cc2)cc1. The number of fused-ring (bicyclic) bond motifs is 1. The number of nitrogens with zero attached hydrogens (tertiary/aromatic N) is 3. The van der Waals surface area contributed by atoms with Crippen molar-refractivity contribution in [3.8, 4) is 11.5 Å². The fourth-order valence-corrected chi connectivity index (χ4v) is 5.46. The minimum absolute atomic E-state index is 0.0247. The number of amides is 1. The average molecular weight is 552 g/mol. The maximum absolute atomic E-state index is 13.6. The van der Waals surface area contributed by atoms with E-state index in [0.29, 0.717) is 18.8 Å². The summed E-state index contributed by atoms with van der Waals surface area (Å²) in [7, 11) is 0. The third-order valence-corrected chi connectivity index (χ3v) is 7.29. The van der Waals surface area contributed by atoms with E-state index in [-0.39, 0.29) is 23.6 Å². The summed E-state index contributed by atoms with van der Waals surface area (Å²) in [6.07, 6.45) is 7.98. The molecule has 1 saturated carbocycles. The van der Waals surface area contributed by atoms with Crippen LogP contribution >= 0.6 is 0 Å². The van der Waals surface area contributed by atoms with Crippen LogP contribution in [-0.2, 0) is 4.79 Å². The molecule has 0 bridgehead atoms. The molecule has 0 spiro atoms. The van der Waals surface area contributed by atoms with E-state index in [1.165, 1.54) is 18.2 Å². The van der Waals surface area contributed by atoms with E-state index in [1.54, 1.807) is 23.2 Å². The molecule has 41 heavy (non-hydrogen) atoms. The Bertz CT molecular complexity index is 1490. The first-order chi connectivity index (χ1) is 20.0. The molecule has 2 unspecified atom stereocenters. The van der Waals surface area contributed by atoms with Crippen LogP contribution < -0.4 is 9.47 Å². The van der Waals surface area contributed by atoms with Gasteiger partial charge in [0.05, 0.1) is 29.9 Å². The number of carbonyl (C=O) groups is 1. The molecule has 8 nitrogen and oxygen atoms in total. The average Bonchev–Trinajstić information content (AvgIpc) is 3.39. The molecular formula is C33H33N3O5. The third kappa shape index (κ3) is 6.38. The third-order valence-electron chi connectivity index (χ3n) is 7.29. The normalized spacial score (nSPS) is 19.2. The standard InChI is InChI=1S/C33H33N3O5/c1-3-40-28-16-11-24(12-17-28)21-26-8-6-10-30-32(26)34-35(33(30)25-14-18-29(19-15-25)41-4-2)31(37)20-13-23-7-5-9-27(22-23)36(38)39/h5,7,9,11-22,30,33H,3-4,6,8,10H2,1-2H3. The molecular weight excluding hydrogens is 518 g/mol. The molecule has 0 radical (unpaired) electrons. The number of rotatable bonds is 9. The fraction of sp³-hybridized carbons (Fsp3) is 0.273. The van der Waals surface area contributed by atoms with Gasteiger partial charge in [-0.05, 0) is 91.8 Å². The highest BCUT2D eigenvalue weighted by atomic mass is 16.6. The molecule has 3 aromatic carbocycles. The number of ether oxygens (including phenoxy) is 2. The summed E-state index contributed by atoms with van der Waals surface area (Å²) < 4.78 is 11.2. The van der Waals surface area contributed by atoms with Gasteiger partial charge >= 0.3 is 0 Å². The Kier molecular flexibility index (Phi) is 8.58. The lowest BCUT2D eigenvalue weighted by Gasteiger charge is -2.29. The van der Waals surface area contributed by atoms with Crippen molar-refractivity contribution in [1.82, 2.24) is 5.01 Å². The summed E-state index contributed by atoms with van der Waals surface area (Å²) >= 11 is 0. The van der Waals surface area contributed by atoms with Crippen LogP contribution in [0.2, 0.25) is 0 Å². The zero-order valence-corrected chi connectivity index (χ0v) is 23.2. The highest BCUT2D eigenvalue weighted by Gasteiger charge is 2.43. The molecule has 0 saturated heterocycles. The summed E-state index contributed by atoms with van der Waals surface area (Å²) in [5, 5.41) is 17.7. The molecule has 0 N–H and O–H groups in total. The Balaban J connectivity index is 1.48. The molecule has 210 valence electrons. The van der Waals surface area contributed by atoms with Crippen LogP contribution in [0.4, 0.5) is 5.69 Å². The number of benzene rings is 3. The van der Waals surface area contributed by atoms with E-state index in [2.05, 4.69) is 6.08 Å². The topological polar surface area (TPSA) is 94.3 Å². The number of allylic oxidation sites excluding steroid dienone is 1.